The molecule has 2 atom stereocenters. The summed E-state index contributed by atoms with van der Waals surface area (Å²) < 4.78 is 0. The molecule has 15 heavy (non-hydrogen) atoms. The molecule has 0 aromatic carbocycles. The molecule has 3 aliphatic heterocycles. The van der Waals surface area contributed by atoms with E-state index in [0.29, 0.717) is 12.1 Å². The van der Waals surface area contributed by atoms with E-state index in [1.54, 1.807) is 0 Å². The van der Waals surface area contributed by atoms with Crippen molar-refractivity contribution in [3.63, 3.8) is 0 Å². The zero-order valence-corrected chi connectivity index (χ0v) is 9.55. The smallest absolute Gasteiger partial charge is 0.224 e. The molecule has 0 aromatic rings. The first-order valence-corrected chi connectivity index (χ1v) is 5.60. The second kappa shape index (κ2) is 4.28. The molecule has 0 aromatic heterocycles. The van der Waals surface area contributed by atoms with E-state index in [0.717, 1.165) is 26.1 Å². The Morgan fingerprint density at radius 1 is 1.27 bits per heavy atom. The molecule has 0 bridgehead atoms. The first kappa shape index (κ1) is 11.2. The number of carbonyl (C=O) groups excluding carboxylic acids is 1. The summed E-state index contributed by atoms with van der Waals surface area (Å²) in [5.41, 5.74) is 0. The van der Waals surface area contributed by atoms with Crippen LogP contribution in [0.3, 0.4) is 0 Å². The van der Waals surface area contributed by atoms with Crippen molar-refractivity contribution in [1.29, 1.82) is 0 Å². The second-order valence-electron chi connectivity index (χ2n) is 4.61. The third kappa shape index (κ3) is 1.75. The van der Waals surface area contributed by atoms with Crippen LogP contribution in [-0.4, -0.2) is 49.1 Å². The van der Waals surface area contributed by atoms with Crippen molar-refractivity contribution in [3.8, 4) is 0 Å². The maximum absolute atomic E-state index is 11.5. The van der Waals surface area contributed by atoms with Crippen LogP contribution in [0.15, 0.2) is 0 Å². The minimum atomic E-state index is 0. The number of rotatable bonds is 1. The van der Waals surface area contributed by atoms with Crippen molar-refractivity contribution in [2.45, 2.75) is 24.9 Å². The fourth-order valence-corrected chi connectivity index (χ4v) is 2.95. The Bertz CT molecular complexity index is 257. The number of nitrogens with zero attached hydrogens (tertiary/aromatic N) is 1. The van der Waals surface area contributed by atoms with Crippen LogP contribution < -0.4 is 10.6 Å². The normalized spacial score (nSPS) is 36.4. The quantitative estimate of drug-likeness (QED) is 0.645. The topological polar surface area (TPSA) is 44.4 Å². The molecule has 3 heterocycles. The molecule has 3 aliphatic rings. The van der Waals surface area contributed by atoms with Crippen molar-refractivity contribution in [3.05, 3.63) is 0 Å². The fraction of sp³-hybridized carbons (Fsp3) is 0.900. The summed E-state index contributed by atoms with van der Waals surface area (Å²) in [4.78, 5) is 14.1. The molecule has 86 valence electrons. The molecule has 3 fully saturated rings. The van der Waals surface area contributed by atoms with Gasteiger partial charge in [0.1, 0.15) is 0 Å². The summed E-state index contributed by atoms with van der Waals surface area (Å²) in [7, 11) is 0. The molecular weight excluding hydrogens is 214 g/mol. The first-order valence-electron chi connectivity index (χ1n) is 5.60. The summed E-state index contributed by atoms with van der Waals surface area (Å²) in [6.45, 7) is 4.28. The van der Waals surface area contributed by atoms with Gasteiger partial charge >= 0.3 is 0 Å². The van der Waals surface area contributed by atoms with Crippen LogP contribution in [0.1, 0.15) is 12.8 Å². The Labute approximate surface area is 96.2 Å². The number of nitrogens with one attached hydrogen (secondary N) is 2. The lowest BCUT2D eigenvalue weighted by molar-refractivity contribution is -0.124. The van der Waals surface area contributed by atoms with Gasteiger partial charge in [0.25, 0.3) is 0 Å². The molecule has 0 unspecified atom stereocenters. The maximum Gasteiger partial charge on any atom is 0.224 e. The van der Waals surface area contributed by atoms with E-state index in [-0.39, 0.29) is 24.2 Å². The first-order chi connectivity index (χ1) is 6.86. The highest BCUT2D eigenvalue weighted by molar-refractivity contribution is 5.85. The second-order valence-corrected chi connectivity index (χ2v) is 4.61. The Kier molecular flexibility index (Phi) is 3.19. The molecule has 3 saturated heterocycles. The van der Waals surface area contributed by atoms with Gasteiger partial charge in [0.2, 0.25) is 5.91 Å². The zero-order valence-electron chi connectivity index (χ0n) is 8.74. The van der Waals surface area contributed by atoms with Crippen LogP contribution in [-0.2, 0) is 4.79 Å². The number of halogens is 1. The summed E-state index contributed by atoms with van der Waals surface area (Å²) in [6, 6.07) is 1.18. The number of likely N-dealkylation sites (tertiary alicyclic amines) is 1. The van der Waals surface area contributed by atoms with Gasteiger partial charge in [-0.1, -0.05) is 0 Å². The van der Waals surface area contributed by atoms with Gasteiger partial charge in [-0.2, -0.15) is 0 Å². The number of piperidine rings is 1. The van der Waals surface area contributed by atoms with E-state index < -0.39 is 0 Å². The molecule has 2 N–H and O–H groups in total. The predicted octanol–water partition coefficient (Wildman–Crippen LogP) is -0.410. The van der Waals surface area contributed by atoms with Crippen LogP contribution in [0.25, 0.3) is 0 Å². The number of fused-ring (bicyclic) bond motifs is 1. The van der Waals surface area contributed by atoms with Crippen LogP contribution in [0, 0.1) is 5.92 Å². The van der Waals surface area contributed by atoms with Crippen LogP contribution in [0.5, 0.6) is 0 Å². The molecular formula is C10H18ClN3O. The molecule has 1 amide bonds. The standard InChI is InChI=1S/C10H17N3O.ClH/c14-10-8-2-1-3-13(7-4-11-5-7)9(8)6-12-10;/h7-9,11H,1-6H2,(H,12,14);1H/t8-,9-;/m1./s1. The highest BCUT2D eigenvalue weighted by atomic mass is 35.5. The molecule has 0 spiro atoms. The largest absolute Gasteiger partial charge is 0.354 e. The van der Waals surface area contributed by atoms with Crippen molar-refractivity contribution >= 4 is 18.3 Å². The van der Waals surface area contributed by atoms with E-state index in [1.165, 1.54) is 13.0 Å². The molecule has 4 nitrogen and oxygen atoms in total. The van der Waals surface area contributed by atoms with Crippen LogP contribution in [0.2, 0.25) is 0 Å². The summed E-state index contributed by atoms with van der Waals surface area (Å²) in [5.74, 6) is 0.566. The van der Waals surface area contributed by atoms with Crippen molar-refractivity contribution < 1.29 is 4.79 Å². The Hall–Kier alpha value is -0.320. The number of carbonyl (C=O) groups is 1. The average molecular weight is 232 g/mol. The van der Waals surface area contributed by atoms with Crippen molar-refractivity contribution in [1.82, 2.24) is 15.5 Å². The third-order valence-corrected chi connectivity index (χ3v) is 3.87. The highest BCUT2D eigenvalue weighted by Gasteiger charge is 2.43. The summed E-state index contributed by atoms with van der Waals surface area (Å²) in [5, 5.41) is 6.30. The van der Waals surface area contributed by atoms with Crippen LogP contribution in [0.4, 0.5) is 0 Å². The van der Waals surface area contributed by atoms with Gasteiger partial charge in [-0.25, -0.2) is 0 Å². The summed E-state index contributed by atoms with van der Waals surface area (Å²) in [6.07, 6.45) is 2.28. The number of amides is 1. The monoisotopic (exact) mass is 231 g/mol. The van der Waals surface area contributed by atoms with E-state index in [2.05, 4.69) is 15.5 Å². The Balaban J connectivity index is 0.000000853. The van der Waals surface area contributed by atoms with E-state index in [4.69, 9.17) is 0 Å². The molecule has 0 radical (unpaired) electrons. The molecule has 0 saturated carbocycles. The minimum Gasteiger partial charge on any atom is -0.354 e. The van der Waals surface area contributed by atoms with Crippen molar-refractivity contribution in [2.75, 3.05) is 26.2 Å². The molecule has 0 aliphatic carbocycles. The SMILES string of the molecule is Cl.O=C1NC[C@@H]2[C@H]1CCCN2C1CNC1. The third-order valence-electron chi connectivity index (χ3n) is 3.87. The van der Waals surface area contributed by atoms with Gasteiger partial charge in [-0.05, 0) is 19.4 Å². The highest BCUT2D eigenvalue weighted by Crippen LogP contribution is 2.29. The molecule has 3 rings (SSSR count). The molecule has 5 heteroatoms. The Morgan fingerprint density at radius 3 is 2.73 bits per heavy atom. The zero-order chi connectivity index (χ0) is 9.54. The summed E-state index contributed by atoms with van der Waals surface area (Å²) >= 11 is 0. The van der Waals surface area contributed by atoms with Crippen LogP contribution >= 0.6 is 12.4 Å². The van der Waals surface area contributed by atoms with Gasteiger partial charge in [0, 0.05) is 31.7 Å². The predicted molar refractivity (Wildman–Crippen MR) is 60.1 cm³/mol. The van der Waals surface area contributed by atoms with Gasteiger partial charge in [0.15, 0.2) is 0 Å². The Morgan fingerprint density at radius 2 is 2.07 bits per heavy atom. The fourth-order valence-electron chi connectivity index (χ4n) is 2.95. The lowest BCUT2D eigenvalue weighted by Crippen LogP contribution is -2.62. The minimum absolute atomic E-state index is 0. The van der Waals surface area contributed by atoms with Crippen molar-refractivity contribution in [2.24, 2.45) is 5.92 Å². The van der Waals surface area contributed by atoms with E-state index >= 15 is 0 Å². The van der Waals surface area contributed by atoms with Gasteiger partial charge in [0.05, 0.1) is 5.92 Å². The lowest BCUT2D eigenvalue weighted by atomic mass is 9.89. The van der Waals surface area contributed by atoms with Gasteiger partial charge in [-0.3, -0.25) is 9.69 Å². The van der Waals surface area contributed by atoms with Gasteiger partial charge in [-0.15, -0.1) is 12.4 Å². The lowest BCUT2D eigenvalue weighted by Gasteiger charge is -2.45. The maximum atomic E-state index is 11.5. The van der Waals surface area contributed by atoms with E-state index in [9.17, 15) is 4.79 Å². The number of hydrogen-bond donors (Lipinski definition) is 2. The van der Waals surface area contributed by atoms with Gasteiger partial charge < -0.3 is 10.6 Å². The average Bonchev–Trinajstić information content (AvgIpc) is 2.47. The van der Waals surface area contributed by atoms with E-state index in [1.807, 2.05) is 0 Å². The number of hydrogen-bond acceptors (Lipinski definition) is 3.